The molecule has 6 nitrogen and oxygen atoms in total. The number of rotatable bonds is 8. The van der Waals surface area contributed by atoms with E-state index in [1.54, 1.807) is 10.9 Å². The molecule has 1 amide bonds. The van der Waals surface area contributed by atoms with Crippen molar-refractivity contribution in [2.75, 3.05) is 0 Å². The average molecular weight is 253 g/mol. The maximum absolute atomic E-state index is 11.6. The van der Waals surface area contributed by atoms with E-state index in [-0.39, 0.29) is 18.4 Å². The third-order valence-electron chi connectivity index (χ3n) is 2.56. The molecule has 1 unspecified atom stereocenters. The van der Waals surface area contributed by atoms with Gasteiger partial charge in [-0.1, -0.05) is 0 Å². The third-order valence-corrected chi connectivity index (χ3v) is 2.56. The Bertz CT molecular complexity index is 376. The van der Waals surface area contributed by atoms with Crippen molar-refractivity contribution in [3.8, 4) is 0 Å². The van der Waals surface area contributed by atoms with E-state index in [1.165, 1.54) is 0 Å². The summed E-state index contributed by atoms with van der Waals surface area (Å²) in [7, 11) is 0. The van der Waals surface area contributed by atoms with E-state index in [2.05, 4.69) is 10.4 Å². The highest BCUT2D eigenvalue weighted by Crippen LogP contribution is 2.01. The van der Waals surface area contributed by atoms with Crippen LogP contribution in [0, 0.1) is 0 Å². The Morgan fingerprint density at radius 3 is 2.83 bits per heavy atom. The van der Waals surface area contributed by atoms with Crippen LogP contribution in [0.15, 0.2) is 18.5 Å². The molecule has 6 heteroatoms. The molecule has 1 atom stereocenters. The predicted octanol–water partition coefficient (Wildman–Crippen LogP) is 1.03. The Morgan fingerprint density at radius 1 is 1.44 bits per heavy atom. The minimum atomic E-state index is -0.799. The molecular formula is C12H19N3O3. The molecule has 2 N–H and O–H groups in total. The van der Waals surface area contributed by atoms with Crippen LogP contribution >= 0.6 is 0 Å². The molecule has 1 aromatic rings. The highest BCUT2D eigenvalue weighted by molar-refractivity contribution is 5.76. The van der Waals surface area contributed by atoms with Crippen LogP contribution in [0.5, 0.6) is 0 Å². The fraction of sp³-hybridized carbons (Fsp3) is 0.583. The number of carbonyl (C=O) groups is 2. The Kier molecular flexibility index (Phi) is 5.90. The van der Waals surface area contributed by atoms with Gasteiger partial charge in [0, 0.05) is 37.8 Å². The lowest BCUT2D eigenvalue weighted by atomic mass is 10.1. The number of hydrogen-bond acceptors (Lipinski definition) is 3. The number of carbonyl (C=O) groups excluding carboxylic acids is 1. The summed E-state index contributed by atoms with van der Waals surface area (Å²) < 4.78 is 1.70. The summed E-state index contributed by atoms with van der Waals surface area (Å²) in [5.74, 6) is -0.833. The maximum atomic E-state index is 11.6. The van der Waals surface area contributed by atoms with Crippen LogP contribution in [0.25, 0.3) is 0 Å². The molecule has 0 saturated carbocycles. The second kappa shape index (κ2) is 7.47. The molecule has 0 spiro atoms. The smallest absolute Gasteiger partial charge is 0.303 e. The van der Waals surface area contributed by atoms with Gasteiger partial charge in [0.1, 0.15) is 0 Å². The summed E-state index contributed by atoms with van der Waals surface area (Å²) in [5, 5.41) is 15.4. The lowest BCUT2D eigenvalue weighted by Crippen LogP contribution is -2.33. The van der Waals surface area contributed by atoms with Gasteiger partial charge in [0.15, 0.2) is 0 Å². The number of amides is 1. The van der Waals surface area contributed by atoms with Crippen LogP contribution in [0.1, 0.15) is 32.6 Å². The lowest BCUT2D eigenvalue weighted by Gasteiger charge is -2.13. The van der Waals surface area contributed by atoms with Crippen molar-refractivity contribution in [1.82, 2.24) is 15.1 Å². The molecule has 0 saturated heterocycles. The van der Waals surface area contributed by atoms with E-state index < -0.39 is 5.97 Å². The number of nitrogens with zero attached hydrogens (tertiary/aromatic N) is 2. The first-order valence-corrected chi connectivity index (χ1v) is 6.06. The van der Waals surface area contributed by atoms with Gasteiger partial charge in [0.2, 0.25) is 5.91 Å². The van der Waals surface area contributed by atoms with Gasteiger partial charge < -0.3 is 10.4 Å². The molecule has 0 fully saturated rings. The van der Waals surface area contributed by atoms with Crippen molar-refractivity contribution >= 4 is 11.9 Å². The summed E-state index contributed by atoms with van der Waals surface area (Å²) in [6.07, 6.45) is 5.27. The van der Waals surface area contributed by atoms with Gasteiger partial charge in [-0.3, -0.25) is 14.3 Å². The van der Waals surface area contributed by atoms with Crippen molar-refractivity contribution in [1.29, 1.82) is 0 Å². The summed E-state index contributed by atoms with van der Waals surface area (Å²) in [5.41, 5.74) is 0. The second-order valence-corrected chi connectivity index (χ2v) is 4.27. The largest absolute Gasteiger partial charge is 0.481 e. The number of aromatic nitrogens is 2. The fourth-order valence-corrected chi connectivity index (χ4v) is 1.63. The summed E-state index contributed by atoms with van der Waals surface area (Å²) >= 11 is 0. The first kappa shape index (κ1) is 14.2. The van der Waals surface area contributed by atoms with Crippen LogP contribution < -0.4 is 5.32 Å². The number of nitrogens with one attached hydrogen (secondary N) is 1. The monoisotopic (exact) mass is 253 g/mol. The maximum Gasteiger partial charge on any atom is 0.303 e. The van der Waals surface area contributed by atoms with Crippen molar-refractivity contribution in [3.63, 3.8) is 0 Å². The predicted molar refractivity (Wildman–Crippen MR) is 65.9 cm³/mol. The minimum Gasteiger partial charge on any atom is -0.481 e. The molecule has 0 aromatic carbocycles. The number of hydrogen-bond donors (Lipinski definition) is 2. The summed E-state index contributed by atoms with van der Waals surface area (Å²) in [6.45, 7) is 2.44. The fourth-order valence-electron chi connectivity index (χ4n) is 1.63. The first-order chi connectivity index (χ1) is 8.58. The number of aliphatic carboxylic acids is 1. The van der Waals surface area contributed by atoms with E-state index in [0.29, 0.717) is 25.8 Å². The van der Waals surface area contributed by atoms with Crippen molar-refractivity contribution in [2.24, 2.45) is 0 Å². The molecule has 1 heterocycles. The van der Waals surface area contributed by atoms with Gasteiger partial charge in [-0.2, -0.15) is 5.10 Å². The Morgan fingerprint density at radius 2 is 2.22 bits per heavy atom. The molecule has 0 bridgehead atoms. The van der Waals surface area contributed by atoms with Gasteiger partial charge in [-0.15, -0.1) is 0 Å². The quantitative estimate of drug-likeness (QED) is 0.724. The average Bonchev–Trinajstić information content (AvgIpc) is 2.78. The van der Waals surface area contributed by atoms with Crippen LogP contribution in [-0.2, 0) is 16.1 Å². The van der Waals surface area contributed by atoms with Gasteiger partial charge >= 0.3 is 5.97 Å². The molecule has 0 aliphatic heterocycles. The minimum absolute atomic E-state index is 0.00877. The molecule has 100 valence electrons. The number of carboxylic acid groups (broad SMARTS) is 1. The van der Waals surface area contributed by atoms with E-state index in [9.17, 15) is 9.59 Å². The van der Waals surface area contributed by atoms with Gasteiger partial charge in [0.05, 0.1) is 0 Å². The SMILES string of the molecule is CC(CCCC(=O)O)NC(=O)CCn1cccn1. The normalized spacial score (nSPS) is 12.1. The molecule has 0 aliphatic carbocycles. The standard InChI is InChI=1S/C12H19N3O3/c1-10(4-2-5-12(17)18)14-11(16)6-9-15-8-3-7-13-15/h3,7-8,10H,2,4-6,9H2,1H3,(H,14,16)(H,17,18). The summed E-state index contributed by atoms with van der Waals surface area (Å²) in [6, 6.07) is 1.82. The molecule has 1 aromatic heterocycles. The zero-order valence-corrected chi connectivity index (χ0v) is 10.5. The van der Waals surface area contributed by atoms with Crippen molar-refractivity contribution in [2.45, 2.75) is 45.2 Å². The number of carboxylic acids is 1. The molecule has 1 rings (SSSR count). The molecular weight excluding hydrogens is 234 g/mol. The Balaban J connectivity index is 2.13. The van der Waals surface area contributed by atoms with Gasteiger partial charge in [-0.25, -0.2) is 0 Å². The molecule has 0 aliphatic rings. The second-order valence-electron chi connectivity index (χ2n) is 4.27. The topological polar surface area (TPSA) is 84.2 Å². The van der Waals surface area contributed by atoms with Crippen molar-refractivity contribution in [3.05, 3.63) is 18.5 Å². The number of aryl methyl sites for hydroxylation is 1. The summed E-state index contributed by atoms with van der Waals surface area (Å²) in [4.78, 5) is 21.9. The molecule has 18 heavy (non-hydrogen) atoms. The van der Waals surface area contributed by atoms with E-state index in [4.69, 9.17) is 5.11 Å². The zero-order valence-electron chi connectivity index (χ0n) is 10.5. The Labute approximate surface area is 106 Å². The zero-order chi connectivity index (χ0) is 13.4. The highest BCUT2D eigenvalue weighted by Gasteiger charge is 2.08. The van der Waals surface area contributed by atoms with Crippen LogP contribution in [-0.4, -0.2) is 32.8 Å². The third kappa shape index (κ3) is 6.03. The van der Waals surface area contributed by atoms with Gasteiger partial charge in [-0.05, 0) is 25.8 Å². The van der Waals surface area contributed by atoms with Crippen LogP contribution in [0.4, 0.5) is 0 Å². The molecule has 0 radical (unpaired) electrons. The van der Waals surface area contributed by atoms with E-state index in [0.717, 1.165) is 0 Å². The lowest BCUT2D eigenvalue weighted by molar-refractivity contribution is -0.137. The van der Waals surface area contributed by atoms with Gasteiger partial charge in [0.25, 0.3) is 0 Å². The first-order valence-electron chi connectivity index (χ1n) is 6.06. The van der Waals surface area contributed by atoms with Crippen LogP contribution in [0.2, 0.25) is 0 Å². The van der Waals surface area contributed by atoms with Crippen molar-refractivity contribution < 1.29 is 14.7 Å². The Hall–Kier alpha value is -1.85. The van der Waals surface area contributed by atoms with E-state index >= 15 is 0 Å². The highest BCUT2D eigenvalue weighted by atomic mass is 16.4. The van der Waals surface area contributed by atoms with Crippen LogP contribution in [0.3, 0.4) is 0 Å². The van der Waals surface area contributed by atoms with E-state index in [1.807, 2.05) is 19.2 Å².